The van der Waals surface area contributed by atoms with Gasteiger partial charge in [-0.3, -0.25) is 0 Å². The van der Waals surface area contributed by atoms with Gasteiger partial charge in [0.2, 0.25) is 0 Å². The number of hydrogen-bond acceptors (Lipinski definition) is 4. The van der Waals surface area contributed by atoms with Crippen LogP contribution in [-0.2, 0) is 0 Å². The molecule has 0 fully saturated rings. The van der Waals surface area contributed by atoms with Gasteiger partial charge in [0.1, 0.15) is 16.2 Å². The van der Waals surface area contributed by atoms with Crippen LogP contribution in [0.25, 0.3) is 86.5 Å². The Labute approximate surface area is 322 Å². The third-order valence-electron chi connectivity index (χ3n) is 10.7. The topological polar surface area (TPSA) is 29.3 Å². The highest BCUT2D eigenvalue weighted by atomic mass is 32.1. The van der Waals surface area contributed by atoms with Crippen LogP contribution in [0.2, 0.25) is 0 Å². The Morgan fingerprint density at radius 1 is 0.418 bits per heavy atom. The third-order valence-corrected chi connectivity index (χ3v) is 11.7. The summed E-state index contributed by atoms with van der Waals surface area (Å²) in [6, 6.07) is 69.1. The molecule has 11 aromatic rings. The van der Waals surface area contributed by atoms with E-state index in [1.54, 1.807) is 11.3 Å². The summed E-state index contributed by atoms with van der Waals surface area (Å²) in [6.45, 7) is 0. The molecule has 3 nitrogen and oxygen atoms in total. The van der Waals surface area contributed by atoms with Crippen LogP contribution in [0.4, 0.5) is 17.1 Å². The SMILES string of the molecule is c1ccc(-c2cccc(N(c3ccc(-c4cccc5ccccc45)cc3)c3ccc4c(c3)oc3cccc(-c5nc6c(ccc7ccccc76)s5)c34)c2)cc1. The molecule has 258 valence electrons. The average Bonchev–Trinajstić information content (AvgIpc) is 3.86. The first kappa shape index (κ1) is 31.5. The normalized spacial score (nSPS) is 11.6. The fourth-order valence-corrected chi connectivity index (χ4v) is 9.09. The Balaban J connectivity index is 1.05. The summed E-state index contributed by atoms with van der Waals surface area (Å²) >= 11 is 1.73. The van der Waals surface area contributed by atoms with Crippen molar-refractivity contribution in [3.8, 4) is 32.8 Å². The highest BCUT2D eigenvalue weighted by Crippen LogP contribution is 2.44. The van der Waals surface area contributed by atoms with Gasteiger partial charge in [-0.25, -0.2) is 4.98 Å². The predicted molar refractivity (Wildman–Crippen MR) is 233 cm³/mol. The van der Waals surface area contributed by atoms with Gasteiger partial charge in [-0.05, 0) is 86.9 Å². The molecule has 0 atom stereocenters. The molecule has 0 saturated heterocycles. The zero-order valence-corrected chi connectivity index (χ0v) is 30.5. The van der Waals surface area contributed by atoms with Gasteiger partial charge >= 0.3 is 0 Å². The van der Waals surface area contributed by atoms with Crippen LogP contribution < -0.4 is 4.90 Å². The molecule has 0 amide bonds. The number of furan rings is 1. The van der Waals surface area contributed by atoms with Crippen LogP contribution in [0.15, 0.2) is 199 Å². The fourth-order valence-electron chi connectivity index (χ4n) is 8.08. The highest BCUT2D eigenvalue weighted by Gasteiger charge is 2.20. The maximum absolute atomic E-state index is 6.68. The Morgan fingerprint density at radius 3 is 1.96 bits per heavy atom. The largest absolute Gasteiger partial charge is 0.456 e. The van der Waals surface area contributed by atoms with E-state index in [1.165, 1.54) is 42.9 Å². The summed E-state index contributed by atoms with van der Waals surface area (Å²) in [4.78, 5) is 7.55. The lowest BCUT2D eigenvalue weighted by Gasteiger charge is -2.26. The number of thiazole rings is 1. The second kappa shape index (κ2) is 12.8. The summed E-state index contributed by atoms with van der Waals surface area (Å²) in [6.07, 6.45) is 0. The lowest BCUT2D eigenvalue weighted by Crippen LogP contribution is -2.10. The number of fused-ring (bicyclic) bond motifs is 7. The lowest BCUT2D eigenvalue weighted by atomic mass is 9.98. The van der Waals surface area contributed by atoms with Crippen molar-refractivity contribution in [2.75, 3.05) is 4.90 Å². The van der Waals surface area contributed by atoms with E-state index >= 15 is 0 Å². The van der Waals surface area contributed by atoms with Gasteiger partial charge in [-0.15, -0.1) is 11.3 Å². The Bertz CT molecular complexity index is 3210. The van der Waals surface area contributed by atoms with Crippen molar-refractivity contribution in [1.29, 1.82) is 0 Å². The van der Waals surface area contributed by atoms with E-state index in [1.807, 2.05) is 0 Å². The standard InChI is InChI=1S/C51H32N2OS/c1-2-11-33(12-3-1)37-16-8-17-39(31-37)53(38-26-23-36(24-27-38)42-20-9-15-34-13-4-6-18-41(34)42)40-28-29-44-47(32-40)54-46-22-10-21-45(49(44)46)51-52-50-43-19-7-5-14-35(43)25-30-48(50)55-51/h1-32H. The molecule has 0 bridgehead atoms. The molecule has 55 heavy (non-hydrogen) atoms. The molecule has 0 radical (unpaired) electrons. The minimum atomic E-state index is 0.836. The van der Waals surface area contributed by atoms with Crippen LogP contribution in [0, 0.1) is 0 Å². The van der Waals surface area contributed by atoms with E-state index in [4.69, 9.17) is 9.40 Å². The third kappa shape index (κ3) is 5.38. The predicted octanol–water partition coefficient (Wildman–Crippen LogP) is 15.0. The smallest absolute Gasteiger partial charge is 0.137 e. The molecule has 0 saturated carbocycles. The van der Waals surface area contributed by atoms with E-state index in [2.05, 4.69) is 199 Å². The van der Waals surface area contributed by atoms with Crippen LogP contribution in [0.5, 0.6) is 0 Å². The molecule has 9 aromatic carbocycles. The molecule has 0 aliphatic rings. The summed E-state index contributed by atoms with van der Waals surface area (Å²) < 4.78 is 7.86. The van der Waals surface area contributed by atoms with Crippen molar-refractivity contribution in [3.63, 3.8) is 0 Å². The summed E-state index contributed by atoms with van der Waals surface area (Å²) in [7, 11) is 0. The fraction of sp³-hybridized carbons (Fsp3) is 0. The number of aromatic nitrogens is 1. The summed E-state index contributed by atoms with van der Waals surface area (Å²) in [5, 5.41) is 8.02. The summed E-state index contributed by atoms with van der Waals surface area (Å²) in [5.41, 5.74) is 11.7. The van der Waals surface area contributed by atoms with Crippen LogP contribution >= 0.6 is 11.3 Å². The van der Waals surface area contributed by atoms with Gasteiger partial charge < -0.3 is 9.32 Å². The first-order valence-electron chi connectivity index (χ1n) is 18.5. The second-order valence-electron chi connectivity index (χ2n) is 13.9. The van der Waals surface area contributed by atoms with Gasteiger partial charge in [0, 0.05) is 44.9 Å². The summed E-state index contributed by atoms with van der Waals surface area (Å²) in [5.74, 6) is 0. The monoisotopic (exact) mass is 720 g/mol. The minimum Gasteiger partial charge on any atom is -0.456 e. The van der Waals surface area contributed by atoms with Gasteiger partial charge in [-0.2, -0.15) is 0 Å². The molecule has 2 aromatic heterocycles. The molecule has 0 spiro atoms. The quantitative estimate of drug-likeness (QED) is 0.171. The van der Waals surface area contributed by atoms with E-state index in [0.29, 0.717) is 0 Å². The zero-order chi connectivity index (χ0) is 36.3. The van der Waals surface area contributed by atoms with Crippen molar-refractivity contribution in [2.45, 2.75) is 0 Å². The molecule has 4 heteroatoms. The average molecular weight is 721 g/mol. The second-order valence-corrected chi connectivity index (χ2v) is 15.0. The van der Waals surface area contributed by atoms with Crippen LogP contribution in [0.1, 0.15) is 0 Å². The van der Waals surface area contributed by atoms with Crippen LogP contribution in [-0.4, -0.2) is 4.98 Å². The molecule has 0 aliphatic carbocycles. The maximum Gasteiger partial charge on any atom is 0.137 e. The van der Waals surface area contributed by atoms with Gasteiger partial charge in [0.05, 0.1) is 10.2 Å². The van der Waals surface area contributed by atoms with Gasteiger partial charge in [0.25, 0.3) is 0 Å². The lowest BCUT2D eigenvalue weighted by molar-refractivity contribution is 0.669. The first-order chi connectivity index (χ1) is 27.2. The molecule has 2 heterocycles. The van der Waals surface area contributed by atoms with Gasteiger partial charge in [0.15, 0.2) is 0 Å². The molecule has 0 N–H and O–H groups in total. The Morgan fingerprint density at radius 2 is 1.09 bits per heavy atom. The first-order valence-corrected chi connectivity index (χ1v) is 19.3. The number of hydrogen-bond donors (Lipinski definition) is 0. The highest BCUT2D eigenvalue weighted by molar-refractivity contribution is 7.21. The Hall–Kier alpha value is -7.01. The molecular weight excluding hydrogens is 689 g/mol. The van der Waals surface area contributed by atoms with Crippen molar-refractivity contribution < 1.29 is 4.42 Å². The molecule has 11 rings (SSSR count). The maximum atomic E-state index is 6.68. The molecule has 0 unspecified atom stereocenters. The van der Waals surface area contributed by atoms with Crippen molar-refractivity contribution in [1.82, 2.24) is 4.98 Å². The minimum absolute atomic E-state index is 0.836. The van der Waals surface area contributed by atoms with Gasteiger partial charge in [-0.1, -0.05) is 140 Å². The van der Waals surface area contributed by atoms with Crippen LogP contribution in [0.3, 0.4) is 0 Å². The molecule has 0 aliphatic heterocycles. The molecular formula is C51H32N2OS. The number of benzene rings is 9. The van der Waals surface area contributed by atoms with Crippen molar-refractivity contribution in [2.24, 2.45) is 0 Å². The number of rotatable bonds is 6. The Kier molecular flexibility index (Phi) is 7.35. The van der Waals surface area contributed by atoms with E-state index < -0.39 is 0 Å². The van der Waals surface area contributed by atoms with Crippen molar-refractivity contribution in [3.05, 3.63) is 194 Å². The number of anilines is 3. The number of nitrogens with zero attached hydrogens (tertiary/aromatic N) is 2. The van der Waals surface area contributed by atoms with E-state index in [0.717, 1.165) is 60.7 Å². The zero-order valence-electron chi connectivity index (χ0n) is 29.7. The van der Waals surface area contributed by atoms with E-state index in [-0.39, 0.29) is 0 Å². The van der Waals surface area contributed by atoms with E-state index in [9.17, 15) is 0 Å². The van der Waals surface area contributed by atoms with Crippen molar-refractivity contribution >= 4 is 82.1 Å².